The molecule has 3 rings (SSSR count). The Morgan fingerprint density at radius 1 is 1.29 bits per heavy atom. The second kappa shape index (κ2) is 5.99. The van der Waals surface area contributed by atoms with Gasteiger partial charge in [-0.05, 0) is 0 Å². The molecule has 0 bridgehead atoms. The molecule has 0 spiro atoms. The number of hydrogen-bond donors (Lipinski definition) is 5. The molecule has 1 amide bonds. The van der Waals surface area contributed by atoms with E-state index in [0.717, 1.165) is 0 Å². The minimum absolute atomic E-state index is 0.127. The summed E-state index contributed by atoms with van der Waals surface area (Å²) in [6.45, 7) is -0.635. The molecule has 4 atom stereocenters. The van der Waals surface area contributed by atoms with Crippen LogP contribution < -0.4 is 11.1 Å². The predicted molar refractivity (Wildman–Crippen MR) is 76.3 cm³/mol. The van der Waals surface area contributed by atoms with Crippen LogP contribution in [0.5, 0.6) is 0 Å². The summed E-state index contributed by atoms with van der Waals surface area (Å²) in [6, 6.07) is 0. The van der Waals surface area contributed by atoms with Crippen molar-refractivity contribution in [1.82, 2.24) is 24.8 Å². The third kappa shape index (κ3) is 2.62. The summed E-state index contributed by atoms with van der Waals surface area (Å²) in [5, 5.41) is 30.8. The number of carbonyl (C=O) groups excluding carboxylic acids is 1. The summed E-state index contributed by atoms with van der Waals surface area (Å²) in [5.74, 6) is -1.98. The molecule has 12 heteroatoms. The van der Waals surface area contributed by atoms with E-state index in [4.69, 9.17) is 15.6 Å². The number of aliphatic hydroxyl groups is 2. The number of ether oxygens (including phenoxy) is 1. The maximum atomic E-state index is 11.9. The van der Waals surface area contributed by atoms with Gasteiger partial charge in [0, 0.05) is 0 Å². The highest BCUT2D eigenvalue weighted by atomic mass is 16.6. The molecule has 0 aromatic carbocycles. The van der Waals surface area contributed by atoms with E-state index in [0.29, 0.717) is 0 Å². The summed E-state index contributed by atoms with van der Waals surface area (Å²) in [5.41, 5.74) is 6.21. The number of nitrogen functional groups attached to an aromatic ring is 1. The van der Waals surface area contributed by atoms with E-state index >= 15 is 0 Å². The Morgan fingerprint density at radius 3 is 2.75 bits per heavy atom. The first kappa shape index (κ1) is 16.0. The van der Waals surface area contributed by atoms with Crippen molar-refractivity contribution in [3.63, 3.8) is 0 Å². The molecule has 12 nitrogen and oxygen atoms in total. The molecule has 24 heavy (non-hydrogen) atoms. The van der Waals surface area contributed by atoms with Crippen LogP contribution in [-0.2, 0) is 14.3 Å². The highest BCUT2D eigenvalue weighted by molar-refractivity contribution is 5.85. The number of carbonyl (C=O) groups is 2. The molecular weight excluding hydrogens is 324 g/mol. The number of fused-ring (bicyclic) bond motifs is 1. The van der Waals surface area contributed by atoms with Crippen molar-refractivity contribution in [2.45, 2.75) is 24.5 Å². The third-order valence-electron chi connectivity index (χ3n) is 3.57. The number of nitrogens with one attached hydrogen (secondary N) is 1. The fourth-order valence-electron chi connectivity index (χ4n) is 2.43. The molecule has 1 fully saturated rings. The standard InChI is InChI=1S/C12H14N6O6/c13-9-5-10(16-2-15-9)18(3-17-5)12-7(22)6(21)8(24-12)11(23)14-1-4(19)20/h2-3,6-8,12,21-22H,1H2,(H,14,23)(H,19,20)(H2,13,15,16)/t6-,7+,8+,12-/m0/s1. The normalized spacial score (nSPS) is 26.6. The highest BCUT2D eigenvalue weighted by Gasteiger charge is 2.47. The summed E-state index contributed by atoms with van der Waals surface area (Å²) in [4.78, 5) is 34.2. The number of anilines is 1. The number of rotatable bonds is 4. The fraction of sp³-hybridized carbons (Fsp3) is 0.417. The zero-order chi connectivity index (χ0) is 17.4. The molecule has 2 aromatic heterocycles. The number of carboxylic acid groups (broad SMARTS) is 1. The van der Waals surface area contributed by atoms with E-state index in [1.54, 1.807) is 0 Å². The molecule has 0 saturated carbocycles. The highest BCUT2D eigenvalue weighted by Crippen LogP contribution is 2.31. The number of aliphatic hydroxyl groups excluding tert-OH is 2. The first-order valence-corrected chi connectivity index (χ1v) is 6.84. The largest absolute Gasteiger partial charge is 0.480 e. The number of aliphatic carboxylic acids is 1. The van der Waals surface area contributed by atoms with E-state index in [9.17, 15) is 19.8 Å². The van der Waals surface area contributed by atoms with Gasteiger partial charge in [-0.25, -0.2) is 15.0 Å². The second-order valence-corrected chi connectivity index (χ2v) is 5.12. The van der Waals surface area contributed by atoms with Crippen LogP contribution in [0.15, 0.2) is 12.7 Å². The first-order valence-electron chi connectivity index (χ1n) is 6.84. The van der Waals surface area contributed by atoms with Crippen molar-refractivity contribution in [2.75, 3.05) is 12.3 Å². The maximum absolute atomic E-state index is 11.9. The Kier molecular flexibility index (Phi) is 4.01. The van der Waals surface area contributed by atoms with Gasteiger partial charge in [-0.2, -0.15) is 0 Å². The number of nitrogens with zero attached hydrogens (tertiary/aromatic N) is 4. The summed E-state index contributed by atoms with van der Waals surface area (Å²) in [6.07, 6.45) is -3.13. The molecule has 1 saturated heterocycles. The quantitative estimate of drug-likeness (QED) is 0.390. The van der Waals surface area contributed by atoms with Crippen LogP contribution in [0.25, 0.3) is 11.2 Å². The molecule has 1 aliphatic heterocycles. The zero-order valence-corrected chi connectivity index (χ0v) is 12.1. The van der Waals surface area contributed by atoms with E-state index in [2.05, 4.69) is 20.3 Å². The summed E-state index contributed by atoms with van der Waals surface area (Å²) >= 11 is 0. The van der Waals surface area contributed by atoms with E-state index in [1.165, 1.54) is 17.2 Å². The lowest BCUT2D eigenvalue weighted by molar-refractivity contribution is -0.143. The predicted octanol–water partition coefficient (Wildman–Crippen LogP) is -2.77. The smallest absolute Gasteiger partial charge is 0.322 e. The van der Waals surface area contributed by atoms with E-state index in [1.807, 2.05) is 0 Å². The van der Waals surface area contributed by atoms with Crippen LogP contribution in [0.4, 0.5) is 5.82 Å². The molecule has 6 N–H and O–H groups in total. The Hall–Kier alpha value is -2.83. The van der Waals surface area contributed by atoms with Crippen molar-refractivity contribution in [3.05, 3.63) is 12.7 Å². The van der Waals surface area contributed by atoms with Crippen molar-refractivity contribution in [1.29, 1.82) is 0 Å². The molecular formula is C12H14N6O6. The molecule has 0 unspecified atom stereocenters. The van der Waals surface area contributed by atoms with Crippen molar-refractivity contribution in [3.8, 4) is 0 Å². The van der Waals surface area contributed by atoms with Gasteiger partial charge in [-0.3, -0.25) is 14.2 Å². The Labute approximate surface area is 133 Å². The van der Waals surface area contributed by atoms with Crippen LogP contribution in [0.3, 0.4) is 0 Å². The van der Waals surface area contributed by atoms with Gasteiger partial charge < -0.3 is 31.1 Å². The number of carboxylic acids is 1. The van der Waals surface area contributed by atoms with Gasteiger partial charge >= 0.3 is 5.97 Å². The summed E-state index contributed by atoms with van der Waals surface area (Å²) < 4.78 is 6.70. The van der Waals surface area contributed by atoms with Gasteiger partial charge in [-0.15, -0.1) is 0 Å². The van der Waals surface area contributed by atoms with Crippen LogP contribution in [-0.4, -0.2) is 71.6 Å². The van der Waals surface area contributed by atoms with Crippen LogP contribution >= 0.6 is 0 Å². The molecule has 2 aromatic rings. The van der Waals surface area contributed by atoms with Gasteiger partial charge in [-0.1, -0.05) is 0 Å². The van der Waals surface area contributed by atoms with Crippen molar-refractivity contribution < 1.29 is 29.6 Å². The first-order chi connectivity index (χ1) is 11.4. The Morgan fingerprint density at radius 2 is 2.04 bits per heavy atom. The monoisotopic (exact) mass is 338 g/mol. The maximum Gasteiger partial charge on any atom is 0.322 e. The lowest BCUT2D eigenvalue weighted by Gasteiger charge is -2.16. The van der Waals surface area contributed by atoms with Gasteiger partial charge in [0.05, 0.1) is 6.33 Å². The third-order valence-corrected chi connectivity index (χ3v) is 3.57. The fourth-order valence-corrected chi connectivity index (χ4v) is 2.43. The van der Waals surface area contributed by atoms with Crippen LogP contribution in [0.2, 0.25) is 0 Å². The van der Waals surface area contributed by atoms with Crippen LogP contribution in [0.1, 0.15) is 6.23 Å². The molecule has 128 valence electrons. The Balaban J connectivity index is 1.85. The van der Waals surface area contributed by atoms with Gasteiger partial charge in [0.25, 0.3) is 5.91 Å². The number of amides is 1. The minimum atomic E-state index is -1.56. The molecule has 3 heterocycles. The molecule has 0 radical (unpaired) electrons. The average Bonchev–Trinajstić information content (AvgIpc) is 3.09. The van der Waals surface area contributed by atoms with Crippen molar-refractivity contribution in [2.24, 2.45) is 0 Å². The zero-order valence-electron chi connectivity index (χ0n) is 12.1. The Bertz CT molecular complexity index is 793. The minimum Gasteiger partial charge on any atom is -0.480 e. The topological polar surface area (TPSA) is 186 Å². The molecule has 0 aliphatic carbocycles. The SMILES string of the molecule is Nc1ncnc2c1ncn2[C@H]1O[C@@H](C(=O)NCC(=O)O)[C@@H](O)[C@H]1O. The average molecular weight is 338 g/mol. The lowest BCUT2D eigenvalue weighted by atomic mass is 10.1. The van der Waals surface area contributed by atoms with E-state index in [-0.39, 0.29) is 17.0 Å². The second-order valence-electron chi connectivity index (χ2n) is 5.12. The lowest BCUT2D eigenvalue weighted by Crippen LogP contribution is -2.44. The number of aromatic nitrogens is 4. The summed E-state index contributed by atoms with van der Waals surface area (Å²) in [7, 11) is 0. The van der Waals surface area contributed by atoms with Gasteiger partial charge in [0.2, 0.25) is 0 Å². The van der Waals surface area contributed by atoms with Gasteiger partial charge in [0.15, 0.2) is 23.8 Å². The number of nitrogens with two attached hydrogens (primary N) is 1. The number of imidazole rings is 1. The van der Waals surface area contributed by atoms with Crippen LogP contribution in [0, 0.1) is 0 Å². The number of hydrogen-bond acceptors (Lipinski definition) is 9. The molecule has 1 aliphatic rings. The van der Waals surface area contributed by atoms with E-state index < -0.39 is 43.0 Å². The van der Waals surface area contributed by atoms with Gasteiger partial charge in [0.1, 0.15) is 30.6 Å². The van der Waals surface area contributed by atoms with Crippen molar-refractivity contribution >= 4 is 28.9 Å².